The second kappa shape index (κ2) is 5.18. The maximum Gasteiger partial charge on any atom is 0.0375 e. The summed E-state index contributed by atoms with van der Waals surface area (Å²) in [4.78, 5) is 4.24. The zero-order chi connectivity index (χ0) is 12.4. The van der Waals surface area contributed by atoms with Crippen LogP contribution in [0.2, 0.25) is 0 Å². The molecule has 2 rings (SSSR count). The van der Waals surface area contributed by atoms with Crippen LogP contribution >= 0.6 is 0 Å². The Bertz CT molecular complexity index is 365. The maximum atomic E-state index is 6.44. The third kappa shape index (κ3) is 3.06. The van der Waals surface area contributed by atoms with Crippen LogP contribution in [0.1, 0.15) is 50.4 Å². The normalized spacial score (nSPS) is 31.2. The summed E-state index contributed by atoms with van der Waals surface area (Å²) in [6.45, 7) is 6.74. The van der Waals surface area contributed by atoms with Crippen LogP contribution < -0.4 is 5.73 Å². The van der Waals surface area contributed by atoms with Crippen LogP contribution in [0.15, 0.2) is 18.3 Å². The summed E-state index contributed by atoms with van der Waals surface area (Å²) in [6.07, 6.45) is 5.78. The minimum atomic E-state index is 0.182. The van der Waals surface area contributed by atoms with Gasteiger partial charge in [0, 0.05) is 17.9 Å². The summed E-state index contributed by atoms with van der Waals surface area (Å²) in [5.41, 5.74) is 8.75. The molecule has 3 atom stereocenters. The minimum Gasteiger partial charge on any atom is -0.324 e. The lowest BCUT2D eigenvalue weighted by atomic mass is 9.73. The first-order valence-corrected chi connectivity index (χ1v) is 6.74. The Balaban J connectivity index is 2.11. The van der Waals surface area contributed by atoms with Crippen molar-refractivity contribution in [1.82, 2.24) is 4.98 Å². The lowest BCUT2D eigenvalue weighted by Crippen LogP contribution is -2.29. The fraction of sp³-hybridized carbons (Fsp3) is 0.667. The molecule has 0 aromatic carbocycles. The molecule has 1 saturated carbocycles. The Morgan fingerprint density at radius 1 is 1.24 bits per heavy atom. The van der Waals surface area contributed by atoms with Gasteiger partial charge in [-0.1, -0.05) is 13.8 Å². The second-order valence-corrected chi connectivity index (χ2v) is 5.93. The van der Waals surface area contributed by atoms with Gasteiger partial charge in [-0.15, -0.1) is 0 Å². The average Bonchev–Trinajstić information content (AvgIpc) is 2.26. The second-order valence-electron chi connectivity index (χ2n) is 5.93. The molecule has 1 aromatic heterocycles. The van der Waals surface area contributed by atoms with Gasteiger partial charge in [0.2, 0.25) is 0 Å². The molecule has 0 aliphatic heterocycles. The molecule has 0 spiro atoms. The lowest BCUT2D eigenvalue weighted by Gasteiger charge is -2.35. The standard InChI is InChI=1S/C15H24N2/c1-10-6-11(2)8-14(7-10)15(16)13-4-5-17-12(3)9-13/h4-5,9-11,14-15H,6-8,16H2,1-3H3. The van der Waals surface area contributed by atoms with E-state index in [0.717, 1.165) is 17.5 Å². The van der Waals surface area contributed by atoms with Crippen LogP contribution in [0.3, 0.4) is 0 Å². The first kappa shape index (κ1) is 12.6. The van der Waals surface area contributed by atoms with Crippen molar-refractivity contribution in [3.8, 4) is 0 Å². The smallest absolute Gasteiger partial charge is 0.0375 e. The van der Waals surface area contributed by atoms with E-state index in [9.17, 15) is 0 Å². The molecular weight excluding hydrogens is 208 g/mol. The van der Waals surface area contributed by atoms with Crippen LogP contribution in [-0.4, -0.2) is 4.98 Å². The van der Waals surface area contributed by atoms with Crippen molar-refractivity contribution in [2.24, 2.45) is 23.5 Å². The molecule has 2 heteroatoms. The van der Waals surface area contributed by atoms with Gasteiger partial charge in [0.05, 0.1) is 0 Å². The summed E-state index contributed by atoms with van der Waals surface area (Å²) in [5.74, 6) is 2.27. The molecule has 0 amide bonds. The topological polar surface area (TPSA) is 38.9 Å². The Morgan fingerprint density at radius 2 is 1.88 bits per heavy atom. The van der Waals surface area contributed by atoms with E-state index in [1.807, 2.05) is 13.1 Å². The SMILES string of the molecule is Cc1cc(C(N)C2CC(C)CC(C)C2)ccn1. The van der Waals surface area contributed by atoms with Gasteiger partial charge in [-0.05, 0) is 61.6 Å². The molecule has 1 heterocycles. The number of nitrogens with two attached hydrogens (primary N) is 1. The van der Waals surface area contributed by atoms with E-state index < -0.39 is 0 Å². The summed E-state index contributed by atoms with van der Waals surface area (Å²) in [5, 5.41) is 0. The molecule has 1 aliphatic carbocycles. The van der Waals surface area contributed by atoms with E-state index in [2.05, 4.69) is 31.0 Å². The van der Waals surface area contributed by atoms with Crippen LogP contribution in [-0.2, 0) is 0 Å². The van der Waals surface area contributed by atoms with Crippen molar-refractivity contribution >= 4 is 0 Å². The Morgan fingerprint density at radius 3 is 2.47 bits per heavy atom. The number of nitrogens with zero attached hydrogens (tertiary/aromatic N) is 1. The highest BCUT2D eigenvalue weighted by atomic mass is 14.7. The molecule has 3 unspecified atom stereocenters. The zero-order valence-corrected chi connectivity index (χ0v) is 11.2. The number of aromatic nitrogens is 1. The van der Waals surface area contributed by atoms with Crippen molar-refractivity contribution < 1.29 is 0 Å². The van der Waals surface area contributed by atoms with E-state index in [1.165, 1.54) is 24.8 Å². The van der Waals surface area contributed by atoms with Gasteiger partial charge in [0.25, 0.3) is 0 Å². The first-order valence-electron chi connectivity index (χ1n) is 6.74. The van der Waals surface area contributed by atoms with E-state index in [0.29, 0.717) is 5.92 Å². The molecule has 0 bridgehead atoms. The molecule has 2 N–H and O–H groups in total. The van der Waals surface area contributed by atoms with Crippen LogP contribution in [0.25, 0.3) is 0 Å². The average molecular weight is 232 g/mol. The van der Waals surface area contributed by atoms with Crippen LogP contribution in [0.4, 0.5) is 0 Å². The van der Waals surface area contributed by atoms with E-state index >= 15 is 0 Å². The number of pyridine rings is 1. The van der Waals surface area contributed by atoms with Gasteiger partial charge >= 0.3 is 0 Å². The van der Waals surface area contributed by atoms with Crippen LogP contribution in [0, 0.1) is 24.7 Å². The highest BCUT2D eigenvalue weighted by Gasteiger charge is 2.28. The van der Waals surface area contributed by atoms with E-state index in [4.69, 9.17) is 5.73 Å². The van der Waals surface area contributed by atoms with Gasteiger partial charge in [-0.2, -0.15) is 0 Å². The zero-order valence-electron chi connectivity index (χ0n) is 11.2. The van der Waals surface area contributed by atoms with Gasteiger partial charge in [0.1, 0.15) is 0 Å². The molecule has 1 aromatic rings. The number of rotatable bonds is 2. The van der Waals surface area contributed by atoms with Crippen molar-refractivity contribution in [2.45, 2.75) is 46.1 Å². The number of aryl methyl sites for hydroxylation is 1. The highest BCUT2D eigenvalue weighted by Crippen LogP contribution is 2.38. The first-order chi connectivity index (χ1) is 8.06. The Kier molecular flexibility index (Phi) is 3.82. The predicted octanol–water partition coefficient (Wildman–Crippen LogP) is 3.46. The molecule has 94 valence electrons. The number of hydrogen-bond acceptors (Lipinski definition) is 2. The van der Waals surface area contributed by atoms with Gasteiger partial charge in [-0.3, -0.25) is 4.98 Å². The molecule has 17 heavy (non-hydrogen) atoms. The predicted molar refractivity (Wildman–Crippen MR) is 71.6 cm³/mol. The van der Waals surface area contributed by atoms with Crippen molar-refractivity contribution in [3.63, 3.8) is 0 Å². The minimum absolute atomic E-state index is 0.182. The van der Waals surface area contributed by atoms with Gasteiger partial charge in [-0.25, -0.2) is 0 Å². The quantitative estimate of drug-likeness (QED) is 0.848. The summed E-state index contributed by atoms with van der Waals surface area (Å²) >= 11 is 0. The molecule has 1 aliphatic rings. The highest BCUT2D eigenvalue weighted by molar-refractivity contribution is 5.20. The molecule has 1 fully saturated rings. The van der Waals surface area contributed by atoms with Gasteiger partial charge < -0.3 is 5.73 Å². The largest absolute Gasteiger partial charge is 0.324 e. The molecular formula is C15H24N2. The van der Waals surface area contributed by atoms with E-state index in [1.54, 1.807) is 0 Å². The Hall–Kier alpha value is -0.890. The Labute approximate surface area is 105 Å². The molecule has 0 saturated heterocycles. The van der Waals surface area contributed by atoms with Crippen LogP contribution in [0.5, 0.6) is 0 Å². The van der Waals surface area contributed by atoms with Gasteiger partial charge in [0.15, 0.2) is 0 Å². The third-order valence-corrected chi connectivity index (χ3v) is 4.03. The fourth-order valence-corrected chi connectivity index (χ4v) is 3.35. The van der Waals surface area contributed by atoms with E-state index in [-0.39, 0.29) is 6.04 Å². The fourth-order valence-electron chi connectivity index (χ4n) is 3.35. The molecule has 0 radical (unpaired) electrons. The monoisotopic (exact) mass is 232 g/mol. The van der Waals surface area contributed by atoms with Crippen molar-refractivity contribution in [1.29, 1.82) is 0 Å². The summed E-state index contributed by atoms with van der Waals surface area (Å²) in [6, 6.07) is 4.39. The van der Waals surface area contributed by atoms with Crippen molar-refractivity contribution in [2.75, 3.05) is 0 Å². The third-order valence-electron chi connectivity index (χ3n) is 4.03. The van der Waals surface area contributed by atoms with Crippen molar-refractivity contribution in [3.05, 3.63) is 29.6 Å². The molecule has 2 nitrogen and oxygen atoms in total. The summed E-state index contributed by atoms with van der Waals surface area (Å²) < 4.78 is 0. The summed E-state index contributed by atoms with van der Waals surface area (Å²) in [7, 11) is 0. The number of hydrogen-bond donors (Lipinski definition) is 1. The maximum absolute atomic E-state index is 6.44. The lowest BCUT2D eigenvalue weighted by molar-refractivity contribution is 0.193.